The first-order valence-corrected chi connectivity index (χ1v) is 10.3. The molecular weight excluding hydrogens is 450 g/mol. The van der Waals surface area contributed by atoms with Crippen LogP contribution in [0.1, 0.15) is 6.42 Å². The Balaban J connectivity index is 1.68. The Morgan fingerprint density at radius 1 is 0.970 bits per heavy atom. The van der Waals surface area contributed by atoms with Gasteiger partial charge in [-0.2, -0.15) is 0 Å². The molecule has 3 saturated heterocycles. The molecule has 0 saturated carbocycles. The molecule has 0 unspecified atom stereocenters. The number of carbonyl (C=O) groups excluding carboxylic acids is 3. The number of hydrogen-bond donors (Lipinski definition) is 8. The quantitative estimate of drug-likeness (QED) is 0.159. The Kier molecular flexibility index (Phi) is 7.87. The van der Waals surface area contributed by atoms with Crippen molar-refractivity contribution in [3.8, 4) is 0 Å². The molecule has 188 valence electrons. The van der Waals surface area contributed by atoms with E-state index in [1.165, 1.54) is 7.11 Å². The summed E-state index contributed by atoms with van der Waals surface area (Å²) in [7, 11) is 1.23. The lowest BCUT2D eigenvalue weighted by Gasteiger charge is -2.46. The Bertz CT molecular complexity index is 753. The molecule has 3 amide bonds. The van der Waals surface area contributed by atoms with Crippen molar-refractivity contribution >= 4 is 17.7 Å². The lowest BCUT2D eigenvalue weighted by molar-refractivity contribution is -0.262. The Labute approximate surface area is 187 Å². The lowest BCUT2D eigenvalue weighted by atomic mass is 9.92. The van der Waals surface area contributed by atoms with Gasteiger partial charge in [0.25, 0.3) is 0 Å². The van der Waals surface area contributed by atoms with E-state index in [9.17, 15) is 50.1 Å². The van der Waals surface area contributed by atoms with Crippen LogP contribution in [0.15, 0.2) is 0 Å². The fraction of sp³-hybridized carbons (Fsp3) is 0.833. The maximum Gasteiger partial charge on any atom is 0.314 e. The molecule has 8 N–H and O–H groups in total. The van der Waals surface area contributed by atoms with Gasteiger partial charge in [-0.3, -0.25) is 14.4 Å². The summed E-state index contributed by atoms with van der Waals surface area (Å²) in [6, 6.07) is -2.55. The summed E-state index contributed by atoms with van der Waals surface area (Å²) in [6.45, 7) is -1.76. The minimum absolute atomic E-state index is 0.390. The van der Waals surface area contributed by atoms with Crippen LogP contribution in [0, 0.1) is 0 Å². The molecule has 15 heteroatoms. The first-order chi connectivity index (χ1) is 15.6. The highest BCUT2D eigenvalue weighted by molar-refractivity contribution is 6.37. The number of ether oxygens (including phenoxy) is 2. The van der Waals surface area contributed by atoms with Crippen LogP contribution in [0.2, 0.25) is 0 Å². The predicted molar refractivity (Wildman–Crippen MR) is 103 cm³/mol. The third-order valence-corrected chi connectivity index (χ3v) is 6.25. The van der Waals surface area contributed by atoms with Crippen molar-refractivity contribution in [3.05, 3.63) is 0 Å². The average molecular weight is 479 g/mol. The van der Waals surface area contributed by atoms with Crippen molar-refractivity contribution < 1.29 is 59.6 Å². The van der Waals surface area contributed by atoms with Crippen molar-refractivity contribution in [3.63, 3.8) is 0 Å². The summed E-state index contributed by atoms with van der Waals surface area (Å²) in [5.74, 6) is -2.94. The molecule has 0 bridgehead atoms. The first kappa shape index (κ1) is 25.7. The van der Waals surface area contributed by atoms with Gasteiger partial charge in [0.05, 0.1) is 19.3 Å². The monoisotopic (exact) mass is 479 g/mol. The molecule has 3 heterocycles. The number of amides is 3. The average Bonchev–Trinajstić information content (AvgIpc) is 3.05. The summed E-state index contributed by atoms with van der Waals surface area (Å²) >= 11 is 0. The molecule has 0 aromatic carbocycles. The first-order valence-electron chi connectivity index (χ1n) is 10.3. The van der Waals surface area contributed by atoms with Crippen molar-refractivity contribution in [2.45, 2.75) is 67.6 Å². The zero-order valence-electron chi connectivity index (χ0n) is 17.7. The molecule has 10 atom stereocenters. The molecule has 0 aromatic rings. The minimum atomic E-state index is -1.75. The van der Waals surface area contributed by atoms with Crippen molar-refractivity contribution in [1.82, 2.24) is 15.1 Å². The van der Waals surface area contributed by atoms with E-state index in [-0.39, 0.29) is 0 Å². The van der Waals surface area contributed by atoms with E-state index >= 15 is 0 Å². The fourth-order valence-electron chi connectivity index (χ4n) is 4.44. The smallest absolute Gasteiger partial charge is 0.314 e. The summed E-state index contributed by atoms with van der Waals surface area (Å²) < 4.78 is 10.4. The molecule has 3 aliphatic rings. The van der Waals surface area contributed by atoms with Gasteiger partial charge in [0, 0.05) is 20.1 Å². The molecule has 0 aromatic heterocycles. The highest BCUT2D eigenvalue weighted by Gasteiger charge is 2.58. The van der Waals surface area contributed by atoms with Crippen molar-refractivity contribution in [2.75, 3.05) is 26.9 Å². The van der Waals surface area contributed by atoms with Crippen LogP contribution in [0.3, 0.4) is 0 Å². The number of nitrogens with zero attached hydrogens (tertiary/aromatic N) is 2. The van der Waals surface area contributed by atoms with E-state index in [2.05, 4.69) is 5.32 Å². The zero-order chi connectivity index (χ0) is 24.6. The molecular formula is C18H29N3O12. The second-order valence-electron chi connectivity index (χ2n) is 8.13. The molecule has 3 fully saturated rings. The number of aliphatic hydroxyl groups excluding tert-OH is 7. The standard InChI is InChI=1S/C18H29N3O12/c1-32-18-9(12(27)11(26)7(5-23)33-18)19-8(24)2-3-20-15-14(29)13(28)10(25)6(4-22)21(15)17(31)16(20)30/h6-7,9-15,18,22-23,25-29H,2-5H2,1H3,(H,19,24)/t6-,7-,9+,10-,11-,12-,13+,14+,15+,18+/m1/s1. The Morgan fingerprint density at radius 2 is 1.64 bits per heavy atom. The summed E-state index contributed by atoms with van der Waals surface area (Å²) in [6.07, 6.45) is -12.4. The van der Waals surface area contributed by atoms with E-state index in [0.29, 0.717) is 0 Å². The van der Waals surface area contributed by atoms with Crippen LogP contribution in [0.5, 0.6) is 0 Å². The maximum atomic E-state index is 12.5. The molecule has 3 aliphatic heterocycles. The normalized spacial score (nSPS) is 41.3. The van der Waals surface area contributed by atoms with Gasteiger partial charge in [-0.25, -0.2) is 0 Å². The van der Waals surface area contributed by atoms with E-state index < -0.39 is 105 Å². The van der Waals surface area contributed by atoms with Crippen LogP contribution < -0.4 is 5.32 Å². The SMILES string of the molecule is CO[C@H]1O[C@H](CO)[C@@H](O)[C@H](O)[C@@H]1NC(=O)CCN1C(=O)C(=O)N2[C@H](CO)[C@@H](O)[C@H](O)[C@H](O)[C@@H]12. The molecule has 0 aliphatic carbocycles. The Morgan fingerprint density at radius 3 is 2.21 bits per heavy atom. The minimum Gasteiger partial charge on any atom is -0.394 e. The van der Waals surface area contributed by atoms with Gasteiger partial charge < -0.3 is 60.3 Å². The number of hydrogen-bond acceptors (Lipinski definition) is 12. The molecule has 0 radical (unpaired) electrons. The van der Waals surface area contributed by atoms with Gasteiger partial charge >= 0.3 is 11.8 Å². The van der Waals surface area contributed by atoms with E-state index in [0.717, 1.165) is 9.80 Å². The number of carbonyl (C=O) groups is 3. The van der Waals surface area contributed by atoms with Crippen LogP contribution in [0.4, 0.5) is 0 Å². The largest absolute Gasteiger partial charge is 0.394 e. The van der Waals surface area contributed by atoms with E-state index in [1.54, 1.807) is 0 Å². The van der Waals surface area contributed by atoms with Crippen LogP contribution in [-0.4, -0.2) is 151 Å². The number of rotatable bonds is 7. The number of nitrogens with one attached hydrogen (secondary N) is 1. The number of methoxy groups -OCH3 is 1. The van der Waals surface area contributed by atoms with Gasteiger partial charge in [-0.05, 0) is 0 Å². The molecule has 33 heavy (non-hydrogen) atoms. The second-order valence-corrected chi connectivity index (χ2v) is 8.13. The summed E-state index contributed by atoms with van der Waals surface area (Å²) in [5.41, 5.74) is 0. The van der Waals surface area contributed by atoms with Gasteiger partial charge in [-0.1, -0.05) is 0 Å². The summed E-state index contributed by atoms with van der Waals surface area (Å²) in [5, 5.41) is 71.9. The highest BCUT2D eigenvalue weighted by Crippen LogP contribution is 2.32. The Hall–Kier alpha value is -1.95. The summed E-state index contributed by atoms with van der Waals surface area (Å²) in [4.78, 5) is 39.0. The van der Waals surface area contributed by atoms with Crippen LogP contribution in [-0.2, 0) is 23.9 Å². The zero-order valence-corrected chi connectivity index (χ0v) is 17.7. The van der Waals surface area contributed by atoms with Crippen LogP contribution >= 0.6 is 0 Å². The second kappa shape index (κ2) is 10.1. The molecule has 3 rings (SSSR count). The van der Waals surface area contributed by atoms with Crippen LogP contribution in [0.25, 0.3) is 0 Å². The van der Waals surface area contributed by atoms with Crippen molar-refractivity contribution in [1.29, 1.82) is 0 Å². The lowest BCUT2D eigenvalue weighted by Crippen LogP contribution is -2.68. The van der Waals surface area contributed by atoms with E-state index in [4.69, 9.17) is 9.47 Å². The van der Waals surface area contributed by atoms with Gasteiger partial charge in [0.1, 0.15) is 48.8 Å². The molecule has 0 spiro atoms. The highest BCUT2D eigenvalue weighted by atomic mass is 16.7. The van der Waals surface area contributed by atoms with Crippen molar-refractivity contribution in [2.24, 2.45) is 0 Å². The number of aliphatic hydroxyl groups is 7. The predicted octanol–water partition coefficient (Wildman–Crippen LogP) is -6.60. The van der Waals surface area contributed by atoms with E-state index in [1.807, 2.05) is 0 Å². The van der Waals surface area contributed by atoms with Gasteiger partial charge in [-0.15, -0.1) is 0 Å². The maximum absolute atomic E-state index is 12.5. The fourth-order valence-corrected chi connectivity index (χ4v) is 4.44. The third-order valence-electron chi connectivity index (χ3n) is 6.25. The third kappa shape index (κ3) is 4.43. The topological polar surface area (TPSA) is 230 Å². The molecule has 15 nitrogen and oxygen atoms in total. The number of piperidine rings is 1. The van der Waals surface area contributed by atoms with Gasteiger partial charge in [0.15, 0.2) is 6.29 Å². The number of fused-ring (bicyclic) bond motifs is 1. The van der Waals surface area contributed by atoms with Gasteiger partial charge in [0.2, 0.25) is 5.91 Å².